The molecule has 2 nitrogen and oxygen atoms in total. The molecule has 1 heterocycles. The minimum atomic E-state index is 0. The van der Waals surface area contributed by atoms with Gasteiger partial charge in [0.25, 0.3) is 0 Å². The molecule has 0 unspecified atom stereocenters. The molecule has 0 aromatic carbocycles. The van der Waals surface area contributed by atoms with Crippen LogP contribution < -0.4 is 34.7 Å². The summed E-state index contributed by atoms with van der Waals surface area (Å²) >= 11 is 0. The minimum Gasteiger partial charge on any atom is -0.857 e. The normalized spacial score (nSPS) is 19.0. The van der Waals surface area contributed by atoms with Gasteiger partial charge in [-0.15, -0.1) is 0 Å². The van der Waals surface area contributed by atoms with E-state index in [0.29, 0.717) is 0 Å². The predicted molar refractivity (Wildman–Crippen MR) is 46.4 cm³/mol. The van der Waals surface area contributed by atoms with Gasteiger partial charge in [-0.25, -0.2) is 0 Å². The van der Waals surface area contributed by atoms with Crippen molar-refractivity contribution in [3.05, 3.63) is 0 Å². The summed E-state index contributed by atoms with van der Waals surface area (Å²) < 4.78 is 0. The molecule has 0 atom stereocenters. The molecule has 0 aliphatic carbocycles. The Morgan fingerprint density at radius 3 is 2.00 bits per heavy atom. The van der Waals surface area contributed by atoms with Gasteiger partial charge >= 0.3 is 29.6 Å². The number of rotatable bonds is 1. The second-order valence-corrected chi connectivity index (χ2v) is 3.12. The first-order chi connectivity index (χ1) is 5.33. The fraction of sp³-hybridized carbons (Fsp3) is 1.00. The third-order valence-corrected chi connectivity index (χ3v) is 2.32. The number of likely N-dealkylation sites (tertiary alicyclic amines) is 1. The Hall–Kier alpha value is 0.920. The van der Waals surface area contributed by atoms with Gasteiger partial charge in [0, 0.05) is 0 Å². The topological polar surface area (TPSA) is 26.3 Å². The van der Waals surface area contributed by atoms with Gasteiger partial charge in [-0.2, -0.15) is 7.11 Å². The Labute approximate surface area is 98.6 Å². The average Bonchev–Trinajstić information content (AvgIpc) is 2.10. The van der Waals surface area contributed by atoms with Crippen LogP contribution in [0.5, 0.6) is 0 Å². The summed E-state index contributed by atoms with van der Waals surface area (Å²) in [5.74, 6) is 0.979. The van der Waals surface area contributed by atoms with Gasteiger partial charge in [0.15, 0.2) is 0 Å². The van der Waals surface area contributed by atoms with Crippen molar-refractivity contribution >= 4 is 0 Å². The minimum absolute atomic E-state index is 0. The summed E-state index contributed by atoms with van der Waals surface area (Å²) in [6, 6.07) is 0. The van der Waals surface area contributed by atoms with Crippen LogP contribution in [-0.2, 0) is 0 Å². The smallest absolute Gasteiger partial charge is 0.857 e. The molecule has 1 fully saturated rings. The molecule has 68 valence electrons. The summed E-state index contributed by atoms with van der Waals surface area (Å²) in [5.41, 5.74) is 0. The molecule has 0 N–H and O–H groups in total. The van der Waals surface area contributed by atoms with Gasteiger partial charge in [0.2, 0.25) is 0 Å². The number of nitrogens with zero attached hydrogens (tertiary/aromatic N) is 1. The first-order valence-electron chi connectivity index (χ1n) is 4.46. The molecule has 0 radical (unpaired) electrons. The molecule has 0 spiro atoms. The molecule has 3 heteroatoms. The summed E-state index contributed by atoms with van der Waals surface area (Å²) in [5, 5.41) is 8.25. The molecular weight excluding hydrogens is 161 g/mol. The van der Waals surface area contributed by atoms with Crippen molar-refractivity contribution in [2.75, 3.05) is 26.7 Å². The van der Waals surface area contributed by atoms with Gasteiger partial charge in [-0.1, -0.05) is 13.8 Å². The van der Waals surface area contributed by atoms with Crippen LogP contribution in [-0.4, -0.2) is 31.6 Å². The molecule has 0 bridgehead atoms. The molecule has 12 heavy (non-hydrogen) atoms. The van der Waals surface area contributed by atoms with Gasteiger partial charge in [-0.05, 0) is 38.4 Å². The Morgan fingerprint density at radius 1 is 1.25 bits per heavy atom. The maximum absolute atomic E-state index is 8.25. The van der Waals surface area contributed by atoms with E-state index in [0.717, 1.165) is 13.0 Å². The van der Waals surface area contributed by atoms with Crippen LogP contribution in [0.2, 0.25) is 0 Å². The molecule has 1 aliphatic heterocycles. The Kier molecular flexibility index (Phi) is 12.8. The molecule has 0 saturated carbocycles. The zero-order chi connectivity index (χ0) is 8.69. The molecular formula is C9H20NNaO. The first-order valence-corrected chi connectivity index (χ1v) is 4.46. The van der Waals surface area contributed by atoms with E-state index in [1.807, 2.05) is 0 Å². The summed E-state index contributed by atoms with van der Waals surface area (Å²) in [4.78, 5) is 2.53. The van der Waals surface area contributed by atoms with E-state index < -0.39 is 0 Å². The van der Waals surface area contributed by atoms with E-state index in [-0.39, 0.29) is 29.6 Å². The number of piperidine rings is 1. The summed E-state index contributed by atoms with van der Waals surface area (Å²) in [7, 11) is 0.750. The Balaban J connectivity index is 0. The van der Waals surface area contributed by atoms with Gasteiger partial charge in [0.05, 0.1) is 0 Å². The SMILES string of the molecule is CCN1CCC(C)CC1.C[O-].[Na+]. The van der Waals surface area contributed by atoms with Crippen molar-refractivity contribution < 1.29 is 34.7 Å². The third kappa shape index (κ3) is 6.44. The number of hydrogen-bond donors (Lipinski definition) is 0. The second kappa shape index (κ2) is 10.0. The maximum atomic E-state index is 8.25. The van der Waals surface area contributed by atoms with Gasteiger partial charge < -0.3 is 10.0 Å². The molecule has 0 aromatic rings. The Bertz CT molecular complexity index is 82.6. The maximum Gasteiger partial charge on any atom is 1.00 e. The Morgan fingerprint density at radius 2 is 1.67 bits per heavy atom. The number of hydrogen-bond acceptors (Lipinski definition) is 2. The molecule has 1 rings (SSSR count). The molecule has 0 amide bonds. The van der Waals surface area contributed by atoms with Crippen molar-refractivity contribution in [2.45, 2.75) is 26.7 Å². The standard InChI is InChI=1S/C8H17N.CH3O.Na/c1-3-9-6-4-8(2)5-7-9;1-2;/h8H,3-7H2,1-2H3;1H3;/q;-1;+1. The van der Waals surface area contributed by atoms with Crippen molar-refractivity contribution in [2.24, 2.45) is 5.92 Å². The van der Waals surface area contributed by atoms with Gasteiger partial charge in [-0.3, -0.25) is 0 Å². The van der Waals surface area contributed by atoms with Crippen molar-refractivity contribution in [3.63, 3.8) is 0 Å². The largest absolute Gasteiger partial charge is 1.00 e. The quantitative estimate of drug-likeness (QED) is 0.426. The molecule has 1 saturated heterocycles. The van der Waals surface area contributed by atoms with Crippen LogP contribution >= 0.6 is 0 Å². The monoisotopic (exact) mass is 181 g/mol. The van der Waals surface area contributed by atoms with E-state index in [1.165, 1.54) is 32.5 Å². The van der Waals surface area contributed by atoms with Crippen molar-refractivity contribution in [1.29, 1.82) is 0 Å². The van der Waals surface area contributed by atoms with Crippen LogP contribution in [0.4, 0.5) is 0 Å². The first kappa shape index (κ1) is 15.4. The van der Waals surface area contributed by atoms with E-state index in [4.69, 9.17) is 5.11 Å². The van der Waals surface area contributed by atoms with E-state index >= 15 is 0 Å². The van der Waals surface area contributed by atoms with Crippen LogP contribution in [0.15, 0.2) is 0 Å². The van der Waals surface area contributed by atoms with Crippen LogP contribution in [0.3, 0.4) is 0 Å². The van der Waals surface area contributed by atoms with Crippen molar-refractivity contribution in [1.82, 2.24) is 4.90 Å². The predicted octanol–water partition coefficient (Wildman–Crippen LogP) is -2.28. The fourth-order valence-corrected chi connectivity index (χ4v) is 1.38. The van der Waals surface area contributed by atoms with Crippen LogP contribution in [0.25, 0.3) is 0 Å². The summed E-state index contributed by atoms with van der Waals surface area (Å²) in [6.07, 6.45) is 2.82. The molecule has 1 aliphatic rings. The zero-order valence-electron chi connectivity index (χ0n) is 8.97. The van der Waals surface area contributed by atoms with Crippen molar-refractivity contribution in [3.8, 4) is 0 Å². The van der Waals surface area contributed by atoms with Crippen LogP contribution in [0, 0.1) is 5.92 Å². The zero-order valence-corrected chi connectivity index (χ0v) is 11.0. The van der Waals surface area contributed by atoms with E-state index in [9.17, 15) is 0 Å². The summed E-state index contributed by atoms with van der Waals surface area (Å²) in [6.45, 7) is 8.51. The average molecular weight is 181 g/mol. The molecule has 0 aromatic heterocycles. The van der Waals surface area contributed by atoms with Gasteiger partial charge in [0.1, 0.15) is 0 Å². The van der Waals surface area contributed by atoms with E-state index in [1.54, 1.807) is 0 Å². The second-order valence-electron chi connectivity index (χ2n) is 3.12. The third-order valence-electron chi connectivity index (χ3n) is 2.32. The van der Waals surface area contributed by atoms with Crippen LogP contribution in [0.1, 0.15) is 26.7 Å². The van der Waals surface area contributed by atoms with E-state index in [2.05, 4.69) is 18.7 Å². The fourth-order valence-electron chi connectivity index (χ4n) is 1.38.